The van der Waals surface area contributed by atoms with Gasteiger partial charge in [0.25, 0.3) is 0 Å². The predicted octanol–water partition coefficient (Wildman–Crippen LogP) is 1.71. The van der Waals surface area contributed by atoms with E-state index in [1.807, 2.05) is 0 Å². The van der Waals surface area contributed by atoms with E-state index in [4.69, 9.17) is 4.52 Å². The average Bonchev–Trinajstić information content (AvgIpc) is 2.59. The molecule has 1 aromatic heterocycles. The van der Waals surface area contributed by atoms with Gasteiger partial charge in [-0.2, -0.15) is 4.31 Å². The highest BCUT2D eigenvalue weighted by Crippen LogP contribution is 2.27. The molecule has 0 amide bonds. The highest BCUT2D eigenvalue weighted by molar-refractivity contribution is 7.89. The smallest absolute Gasteiger partial charge is 0.248 e. The second-order valence-electron chi connectivity index (χ2n) is 4.76. The predicted molar refractivity (Wildman–Crippen MR) is 63.1 cm³/mol. The fraction of sp³-hybridized carbons (Fsp3) is 0.727. The minimum absolute atomic E-state index is 0.242. The summed E-state index contributed by atoms with van der Waals surface area (Å²) < 4.78 is 31.4. The van der Waals surface area contributed by atoms with Crippen molar-refractivity contribution in [3.8, 4) is 0 Å². The van der Waals surface area contributed by atoms with Crippen molar-refractivity contribution < 1.29 is 12.9 Å². The first-order valence-corrected chi connectivity index (χ1v) is 7.30. The summed E-state index contributed by atoms with van der Waals surface area (Å²) in [5.74, 6) is 0.791. The van der Waals surface area contributed by atoms with E-state index in [0.29, 0.717) is 30.5 Å². The maximum Gasteiger partial charge on any atom is 0.248 e. The molecule has 1 aliphatic rings. The van der Waals surface area contributed by atoms with Crippen LogP contribution in [0.1, 0.15) is 31.2 Å². The lowest BCUT2D eigenvalue weighted by atomic mass is 10.0. The van der Waals surface area contributed by atoms with Gasteiger partial charge in [0.15, 0.2) is 5.76 Å². The molecule has 0 radical (unpaired) electrons. The van der Waals surface area contributed by atoms with Crippen LogP contribution in [-0.4, -0.2) is 31.0 Å². The van der Waals surface area contributed by atoms with Crippen LogP contribution in [-0.2, 0) is 10.0 Å². The first-order chi connectivity index (χ1) is 7.93. The lowest BCUT2D eigenvalue weighted by Gasteiger charge is -2.29. The molecule has 0 unspecified atom stereocenters. The Morgan fingerprint density at radius 1 is 1.41 bits per heavy atom. The van der Waals surface area contributed by atoms with Gasteiger partial charge in [-0.15, -0.1) is 0 Å². The van der Waals surface area contributed by atoms with E-state index in [1.54, 1.807) is 18.2 Å². The van der Waals surface area contributed by atoms with Gasteiger partial charge in [0, 0.05) is 13.1 Å². The zero-order valence-electron chi connectivity index (χ0n) is 10.4. The Bertz CT molecular complexity index is 487. The fourth-order valence-electron chi connectivity index (χ4n) is 2.34. The van der Waals surface area contributed by atoms with Crippen LogP contribution in [0.2, 0.25) is 0 Å². The lowest BCUT2D eigenvalue weighted by Crippen LogP contribution is -2.39. The molecule has 17 heavy (non-hydrogen) atoms. The van der Waals surface area contributed by atoms with Crippen molar-refractivity contribution in [2.45, 2.75) is 38.5 Å². The summed E-state index contributed by atoms with van der Waals surface area (Å²) in [6, 6.07) is 0. The van der Waals surface area contributed by atoms with Crippen molar-refractivity contribution in [1.29, 1.82) is 0 Å². The number of hydrogen-bond donors (Lipinski definition) is 0. The third-order valence-electron chi connectivity index (χ3n) is 3.19. The van der Waals surface area contributed by atoms with Gasteiger partial charge in [0.05, 0.1) is 0 Å². The molecule has 6 heteroatoms. The molecule has 96 valence electrons. The Hall–Kier alpha value is -0.880. The van der Waals surface area contributed by atoms with E-state index in [1.165, 1.54) is 0 Å². The largest absolute Gasteiger partial charge is 0.360 e. The Morgan fingerprint density at radius 3 is 2.65 bits per heavy atom. The van der Waals surface area contributed by atoms with Crippen LogP contribution in [0, 0.1) is 19.8 Å². The molecule has 1 aliphatic heterocycles. The van der Waals surface area contributed by atoms with E-state index < -0.39 is 10.0 Å². The third-order valence-corrected chi connectivity index (χ3v) is 5.30. The summed E-state index contributed by atoms with van der Waals surface area (Å²) in [6.07, 6.45) is 2.01. The highest BCUT2D eigenvalue weighted by Gasteiger charge is 2.33. The number of aromatic nitrogens is 1. The molecule has 0 saturated carbocycles. The summed E-state index contributed by atoms with van der Waals surface area (Å²) in [7, 11) is -3.44. The molecular formula is C11H18N2O3S. The molecule has 0 aliphatic carbocycles. The summed E-state index contributed by atoms with van der Waals surface area (Å²) in [4.78, 5) is 0.242. The van der Waals surface area contributed by atoms with Crippen LogP contribution < -0.4 is 0 Å². The van der Waals surface area contributed by atoms with Crippen LogP contribution in [0.15, 0.2) is 9.42 Å². The molecule has 1 fully saturated rings. The molecule has 0 bridgehead atoms. The van der Waals surface area contributed by atoms with Crippen LogP contribution in [0.5, 0.6) is 0 Å². The van der Waals surface area contributed by atoms with Crippen molar-refractivity contribution in [1.82, 2.24) is 9.46 Å². The van der Waals surface area contributed by atoms with Crippen molar-refractivity contribution in [3.63, 3.8) is 0 Å². The number of hydrogen-bond acceptors (Lipinski definition) is 4. The lowest BCUT2D eigenvalue weighted by molar-refractivity contribution is 0.280. The van der Waals surface area contributed by atoms with Crippen LogP contribution in [0.25, 0.3) is 0 Å². The first kappa shape index (κ1) is 12.6. The number of sulfonamides is 1. The first-order valence-electron chi connectivity index (χ1n) is 5.86. The molecule has 2 rings (SSSR count). The van der Waals surface area contributed by atoms with Gasteiger partial charge < -0.3 is 4.52 Å². The molecule has 1 saturated heterocycles. The summed E-state index contributed by atoms with van der Waals surface area (Å²) in [5, 5.41) is 3.72. The minimum atomic E-state index is -3.44. The van der Waals surface area contributed by atoms with E-state index in [2.05, 4.69) is 12.1 Å². The van der Waals surface area contributed by atoms with E-state index in [-0.39, 0.29) is 4.90 Å². The standard InChI is InChI=1S/C11H18N2O3S/c1-8-5-4-6-13(7-8)17(14,15)11-9(2)12-16-10(11)3/h8H,4-7H2,1-3H3/t8-/m1/s1. The van der Waals surface area contributed by atoms with E-state index in [9.17, 15) is 8.42 Å². The van der Waals surface area contributed by atoms with Crippen molar-refractivity contribution >= 4 is 10.0 Å². The minimum Gasteiger partial charge on any atom is -0.360 e. The van der Waals surface area contributed by atoms with Gasteiger partial charge >= 0.3 is 0 Å². The molecule has 2 heterocycles. The second-order valence-corrected chi connectivity index (χ2v) is 6.64. The van der Waals surface area contributed by atoms with Gasteiger partial charge in [-0.25, -0.2) is 8.42 Å². The monoisotopic (exact) mass is 258 g/mol. The van der Waals surface area contributed by atoms with Crippen molar-refractivity contribution in [3.05, 3.63) is 11.5 Å². The molecular weight excluding hydrogens is 240 g/mol. The average molecular weight is 258 g/mol. The van der Waals surface area contributed by atoms with E-state index in [0.717, 1.165) is 12.8 Å². The molecule has 1 aromatic rings. The second kappa shape index (κ2) is 4.42. The molecule has 1 atom stereocenters. The van der Waals surface area contributed by atoms with Crippen LogP contribution in [0.3, 0.4) is 0 Å². The van der Waals surface area contributed by atoms with Gasteiger partial charge in [0.2, 0.25) is 10.0 Å². The van der Waals surface area contributed by atoms with Gasteiger partial charge in [0.1, 0.15) is 10.6 Å². The number of nitrogens with zero attached hydrogens (tertiary/aromatic N) is 2. The Balaban J connectivity index is 2.36. The zero-order valence-corrected chi connectivity index (χ0v) is 11.2. The Morgan fingerprint density at radius 2 is 2.12 bits per heavy atom. The maximum absolute atomic E-state index is 12.5. The van der Waals surface area contributed by atoms with Crippen molar-refractivity contribution in [2.75, 3.05) is 13.1 Å². The number of piperidine rings is 1. The molecule has 0 spiro atoms. The third kappa shape index (κ3) is 2.24. The maximum atomic E-state index is 12.5. The van der Waals surface area contributed by atoms with E-state index >= 15 is 0 Å². The summed E-state index contributed by atoms with van der Waals surface area (Å²) in [5.41, 5.74) is 0.445. The quantitative estimate of drug-likeness (QED) is 0.810. The molecule has 0 N–H and O–H groups in total. The number of rotatable bonds is 2. The number of aryl methyl sites for hydroxylation is 2. The van der Waals surface area contributed by atoms with Gasteiger partial charge in [-0.3, -0.25) is 0 Å². The topological polar surface area (TPSA) is 63.4 Å². The normalized spacial score (nSPS) is 22.9. The van der Waals surface area contributed by atoms with Gasteiger partial charge in [-0.1, -0.05) is 12.1 Å². The molecule has 5 nitrogen and oxygen atoms in total. The Labute approximate surface area is 102 Å². The zero-order chi connectivity index (χ0) is 12.6. The fourth-order valence-corrected chi connectivity index (χ4v) is 4.23. The summed E-state index contributed by atoms with van der Waals surface area (Å²) in [6.45, 7) is 6.56. The van der Waals surface area contributed by atoms with Crippen LogP contribution >= 0.6 is 0 Å². The Kier molecular flexibility index (Phi) is 3.27. The summed E-state index contributed by atoms with van der Waals surface area (Å²) >= 11 is 0. The highest BCUT2D eigenvalue weighted by atomic mass is 32.2. The molecule has 0 aromatic carbocycles. The SMILES string of the molecule is Cc1noc(C)c1S(=O)(=O)N1CCC[C@@H](C)C1. The van der Waals surface area contributed by atoms with Crippen molar-refractivity contribution in [2.24, 2.45) is 5.92 Å². The van der Waals surface area contributed by atoms with Crippen LogP contribution in [0.4, 0.5) is 0 Å². The van der Waals surface area contributed by atoms with Gasteiger partial charge in [-0.05, 0) is 32.6 Å².